The summed E-state index contributed by atoms with van der Waals surface area (Å²) in [4.78, 5) is 26.9. The van der Waals surface area contributed by atoms with E-state index in [0.29, 0.717) is 6.54 Å². The van der Waals surface area contributed by atoms with Crippen molar-refractivity contribution in [3.8, 4) is 0 Å². The zero-order valence-electron chi connectivity index (χ0n) is 15.4. The van der Waals surface area contributed by atoms with E-state index in [1.54, 1.807) is 0 Å². The summed E-state index contributed by atoms with van der Waals surface area (Å²) in [6.45, 7) is 4.16. The molecule has 0 bridgehead atoms. The molecule has 6 nitrogen and oxygen atoms in total. The van der Waals surface area contributed by atoms with Crippen LogP contribution in [0.2, 0.25) is 0 Å². The van der Waals surface area contributed by atoms with Crippen molar-refractivity contribution in [2.75, 3.05) is 43.4 Å². The Morgan fingerprint density at radius 3 is 2.46 bits per heavy atom. The van der Waals surface area contributed by atoms with Gasteiger partial charge >= 0.3 is 0 Å². The number of hydrogen-bond donors (Lipinski definition) is 3. The third-order valence-electron chi connectivity index (χ3n) is 5.15. The first-order valence-electron chi connectivity index (χ1n) is 9.84. The summed E-state index contributed by atoms with van der Waals surface area (Å²) in [6.07, 6.45) is 6.82. The molecule has 0 aliphatic carbocycles. The number of nitrogens with one attached hydrogen (secondary N) is 3. The van der Waals surface area contributed by atoms with Crippen LogP contribution in [-0.4, -0.2) is 49.4 Å². The van der Waals surface area contributed by atoms with E-state index < -0.39 is 0 Å². The molecule has 6 heteroatoms. The van der Waals surface area contributed by atoms with E-state index in [-0.39, 0.29) is 17.7 Å². The topological polar surface area (TPSA) is 73.5 Å². The van der Waals surface area contributed by atoms with Gasteiger partial charge in [-0.2, -0.15) is 0 Å². The molecule has 1 aromatic rings. The van der Waals surface area contributed by atoms with Gasteiger partial charge in [-0.15, -0.1) is 0 Å². The minimum absolute atomic E-state index is 0.00635. The molecule has 0 radical (unpaired) electrons. The second-order valence-electron chi connectivity index (χ2n) is 7.35. The molecule has 1 atom stereocenters. The Morgan fingerprint density at radius 2 is 1.77 bits per heavy atom. The quantitative estimate of drug-likeness (QED) is 0.756. The van der Waals surface area contributed by atoms with Gasteiger partial charge in [-0.05, 0) is 63.5 Å². The number of amides is 2. The molecular weight excluding hydrogens is 328 g/mol. The zero-order valence-corrected chi connectivity index (χ0v) is 15.4. The van der Waals surface area contributed by atoms with Gasteiger partial charge in [-0.3, -0.25) is 14.5 Å². The van der Waals surface area contributed by atoms with Crippen molar-refractivity contribution < 1.29 is 9.59 Å². The van der Waals surface area contributed by atoms with Crippen LogP contribution in [-0.2, 0) is 9.59 Å². The Kier molecular flexibility index (Phi) is 7.03. The van der Waals surface area contributed by atoms with Gasteiger partial charge in [0.2, 0.25) is 11.8 Å². The summed E-state index contributed by atoms with van der Waals surface area (Å²) in [5.41, 5.74) is 1.46. The van der Waals surface area contributed by atoms with Crippen LogP contribution in [0.3, 0.4) is 0 Å². The smallest absolute Gasteiger partial charge is 0.238 e. The SMILES string of the molecule is O=C(CN1CCCCCC1)Nc1cccc(NC(=O)C2CCCNC2)c1. The van der Waals surface area contributed by atoms with E-state index in [0.717, 1.165) is 50.4 Å². The number of likely N-dealkylation sites (tertiary alicyclic amines) is 1. The molecule has 1 unspecified atom stereocenters. The van der Waals surface area contributed by atoms with Gasteiger partial charge in [-0.1, -0.05) is 18.9 Å². The second-order valence-corrected chi connectivity index (χ2v) is 7.35. The molecule has 1 aromatic carbocycles. The fourth-order valence-corrected chi connectivity index (χ4v) is 3.69. The minimum Gasteiger partial charge on any atom is -0.326 e. The average Bonchev–Trinajstić information content (AvgIpc) is 2.91. The lowest BCUT2D eigenvalue weighted by Crippen LogP contribution is -2.37. The van der Waals surface area contributed by atoms with Gasteiger partial charge in [-0.25, -0.2) is 0 Å². The maximum Gasteiger partial charge on any atom is 0.238 e. The Morgan fingerprint density at radius 1 is 1.04 bits per heavy atom. The lowest BCUT2D eigenvalue weighted by Gasteiger charge is -2.22. The highest BCUT2D eigenvalue weighted by Gasteiger charge is 2.21. The van der Waals surface area contributed by atoms with Gasteiger partial charge < -0.3 is 16.0 Å². The molecule has 2 amide bonds. The van der Waals surface area contributed by atoms with Gasteiger partial charge in [0.15, 0.2) is 0 Å². The average molecular weight is 358 g/mol. The van der Waals surface area contributed by atoms with Crippen LogP contribution in [0, 0.1) is 5.92 Å². The highest BCUT2D eigenvalue weighted by atomic mass is 16.2. The van der Waals surface area contributed by atoms with Gasteiger partial charge in [0.25, 0.3) is 0 Å². The number of benzene rings is 1. The second kappa shape index (κ2) is 9.69. The molecule has 0 saturated carbocycles. The molecule has 2 aliphatic rings. The maximum atomic E-state index is 12.4. The van der Waals surface area contributed by atoms with Crippen molar-refractivity contribution >= 4 is 23.2 Å². The molecular formula is C20H30N4O2. The Hall–Kier alpha value is -1.92. The number of rotatable bonds is 5. The predicted molar refractivity (Wildman–Crippen MR) is 104 cm³/mol. The van der Waals surface area contributed by atoms with Crippen LogP contribution in [0.4, 0.5) is 11.4 Å². The number of piperidine rings is 1. The molecule has 3 rings (SSSR count). The van der Waals surface area contributed by atoms with E-state index in [9.17, 15) is 9.59 Å². The van der Waals surface area contributed by atoms with Crippen molar-refractivity contribution in [1.29, 1.82) is 0 Å². The summed E-state index contributed by atoms with van der Waals surface area (Å²) < 4.78 is 0. The zero-order chi connectivity index (χ0) is 18.2. The molecule has 26 heavy (non-hydrogen) atoms. The van der Waals surface area contributed by atoms with Crippen molar-refractivity contribution in [1.82, 2.24) is 10.2 Å². The lowest BCUT2D eigenvalue weighted by molar-refractivity contribution is -0.120. The van der Waals surface area contributed by atoms with Crippen LogP contribution in [0.5, 0.6) is 0 Å². The van der Waals surface area contributed by atoms with Crippen LogP contribution in [0.1, 0.15) is 38.5 Å². The first-order chi connectivity index (χ1) is 12.7. The highest BCUT2D eigenvalue weighted by Crippen LogP contribution is 2.18. The third kappa shape index (κ3) is 5.81. The van der Waals surface area contributed by atoms with Gasteiger partial charge in [0.1, 0.15) is 0 Å². The first kappa shape index (κ1) is 18.9. The normalized spacial score (nSPS) is 21.6. The van der Waals surface area contributed by atoms with Crippen molar-refractivity contribution in [2.24, 2.45) is 5.92 Å². The van der Waals surface area contributed by atoms with E-state index in [2.05, 4.69) is 20.9 Å². The predicted octanol–water partition coefficient (Wildman–Crippen LogP) is 2.44. The van der Waals surface area contributed by atoms with E-state index in [1.165, 1.54) is 25.7 Å². The van der Waals surface area contributed by atoms with Crippen LogP contribution < -0.4 is 16.0 Å². The van der Waals surface area contributed by atoms with Crippen molar-refractivity contribution in [3.63, 3.8) is 0 Å². The Labute approximate surface area is 155 Å². The summed E-state index contributed by atoms with van der Waals surface area (Å²) >= 11 is 0. The van der Waals surface area contributed by atoms with Crippen molar-refractivity contribution in [2.45, 2.75) is 38.5 Å². The largest absolute Gasteiger partial charge is 0.326 e. The molecule has 3 N–H and O–H groups in total. The monoisotopic (exact) mass is 358 g/mol. The minimum atomic E-state index is 0.00635. The number of nitrogens with zero attached hydrogens (tertiary/aromatic N) is 1. The first-order valence-corrected chi connectivity index (χ1v) is 9.84. The van der Waals surface area contributed by atoms with E-state index in [1.807, 2.05) is 24.3 Å². The van der Waals surface area contributed by atoms with Crippen LogP contribution in [0.15, 0.2) is 24.3 Å². The van der Waals surface area contributed by atoms with E-state index in [4.69, 9.17) is 0 Å². The molecule has 0 spiro atoms. The molecule has 0 aromatic heterocycles. The maximum absolute atomic E-state index is 12.4. The van der Waals surface area contributed by atoms with Gasteiger partial charge in [0.05, 0.1) is 12.5 Å². The molecule has 2 fully saturated rings. The fourth-order valence-electron chi connectivity index (χ4n) is 3.69. The Balaban J connectivity index is 1.51. The molecule has 2 heterocycles. The van der Waals surface area contributed by atoms with E-state index >= 15 is 0 Å². The lowest BCUT2D eigenvalue weighted by atomic mass is 9.99. The highest BCUT2D eigenvalue weighted by molar-refractivity contribution is 5.95. The summed E-state index contributed by atoms with van der Waals surface area (Å²) in [7, 11) is 0. The summed E-state index contributed by atoms with van der Waals surface area (Å²) in [5, 5.41) is 9.19. The number of hydrogen-bond acceptors (Lipinski definition) is 4. The fraction of sp³-hybridized carbons (Fsp3) is 0.600. The number of carbonyl (C=O) groups excluding carboxylic acids is 2. The molecule has 2 aliphatic heterocycles. The standard InChI is InChI=1S/C20H30N4O2/c25-19(15-24-11-3-1-2-4-12-24)22-17-8-5-9-18(13-17)23-20(26)16-7-6-10-21-14-16/h5,8-9,13,16,21H,1-4,6-7,10-12,14-15H2,(H,22,25)(H,23,26). The number of anilines is 2. The van der Waals surface area contributed by atoms with Crippen LogP contribution >= 0.6 is 0 Å². The Bertz CT molecular complexity index is 606. The summed E-state index contributed by atoms with van der Waals surface area (Å²) in [5.74, 6) is 0.0714. The van der Waals surface area contributed by atoms with Crippen LogP contribution in [0.25, 0.3) is 0 Å². The van der Waals surface area contributed by atoms with Crippen molar-refractivity contribution in [3.05, 3.63) is 24.3 Å². The molecule has 142 valence electrons. The molecule has 2 saturated heterocycles. The number of carbonyl (C=O) groups is 2. The summed E-state index contributed by atoms with van der Waals surface area (Å²) in [6, 6.07) is 7.40. The van der Waals surface area contributed by atoms with Gasteiger partial charge in [0, 0.05) is 17.9 Å². The third-order valence-corrected chi connectivity index (χ3v) is 5.15.